The maximum Gasteiger partial charge on any atom is 0.433 e. The molecule has 0 unspecified atom stereocenters. The molecule has 0 saturated carbocycles. The second-order valence-corrected chi connectivity index (χ2v) is 8.14. The highest BCUT2D eigenvalue weighted by Gasteiger charge is 2.27. The molecule has 10 heteroatoms. The SMILES string of the molecule is CCCN1C(=O)c2ccccc2Sc2cc(-c3noc(-c4ccc([N+](=O)[O-])o4)n3)ccc21. The number of aromatic nitrogens is 2. The van der Waals surface area contributed by atoms with Crippen molar-refractivity contribution >= 4 is 29.2 Å². The Hall–Kier alpha value is -3.92. The number of rotatable bonds is 5. The third kappa shape index (κ3) is 3.44. The standard InChI is InChI=1S/C22H16N4O5S/c1-2-11-25-15-8-7-13(12-18(15)32-17-6-4-3-5-14(17)22(25)27)20-23-21(31-24-20)16-9-10-19(30-16)26(28)29/h3-10,12H,2,11H2,1H3. The van der Waals surface area contributed by atoms with Crippen molar-refractivity contribution in [1.29, 1.82) is 0 Å². The minimum absolute atomic E-state index is 0.0253. The first-order valence-electron chi connectivity index (χ1n) is 9.86. The molecule has 0 atom stereocenters. The summed E-state index contributed by atoms with van der Waals surface area (Å²) >= 11 is 1.51. The number of carbonyl (C=O) groups excluding carboxylic acids is 1. The van der Waals surface area contributed by atoms with Crippen molar-refractivity contribution in [2.45, 2.75) is 23.1 Å². The Kier molecular flexibility index (Phi) is 4.98. The van der Waals surface area contributed by atoms with Crippen molar-refractivity contribution in [3.05, 3.63) is 70.3 Å². The summed E-state index contributed by atoms with van der Waals surface area (Å²) in [5.41, 5.74) is 2.19. The summed E-state index contributed by atoms with van der Waals surface area (Å²) in [5, 5.41) is 14.8. The van der Waals surface area contributed by atoms with Crippen LogP contribution in [0.25, 0.3) is 23.0 Å². The number of anilines is 1. The highest BCUT2D eigenvalue weighted by molar-refractivity contribution is 7.99. The van der Waals surface area contributed by atoms with Crippen molar-refractivity contribution in [3.63, 3.8) is 0 Å². The van der Waals surface area contributed by atoms with Crippen LogP contribution in [0.15, 0.2) is 73.3 Å². The summed E-state index contributed by atoms with van der Waals surface area (Å²) in [7, 11) is 0. The minimum atomic E-state index is -0.633. The molecule has 3 heterocycles. The van der Waals surface area contributed by atoms with Gasteiger partial charge in [-0.15, -0.1) is 0 Å². The van der Waals surface area contributed by atoms with Crippen LogP contribution in [0, 0.1) is 10.1 Å². The molecule has 32 heavy (non-hydrogen) atoms. The van der Waals surface area contributed by atoms with Crippen molar-refractivity contribution in [2.75, 3.05) is 11.4 Å². The van der Waals surface area contributed by atoms with E-state index in [2.05, 4.69) is 10.1 Å². The lowest BCUT2D eigenvalue weighted by molar-refractivity contribution is -0.401. The van der Waals surface area contributed by atoms with E-state index in [0.717, 1.165) is 21.9 Å². The van der Waals surface area contributed by atoms with Gasteiger partial charge in [0.15, 0.2) is 5.76 Å². The first-order valence-corrected chi connectivity index (χ1v) is 10.7. The van der Waals surface area contributed by atoms with Crippen LogP contribution in [0.4, 0.5) is 11.6 Å². The van der Waals surface area contributed by atoms with Crippen molar-refractivity contribution in [2.24, 2.45) is 0 Å². The largest absolute Gasteiger partial charge is 0.433 e. The van der Waals surface area contributed by atoms with Crippen LogP contribution >= 0.6 is 11.8 Å². The summed E-state index contributed by atoms with van der Waals surface area (Å²) in [6, 6.07) is 15.8. The lowest BCUT2D eigenvalue weighted by Crippen LogP contribution is -2.31. The zero-order valence-corrected chi connectivity index (χ0v) is 17.7. The molecular formula is C22H16N4O5S. The number of fused-ring (bicyclic) bond motifs is 2. The number of benzene rings is 2. The van der Waals surface area contributed by atoms with Crippen molar-refractivity contribution < 1.29 is 18.7 Å². The Labute approximate surface area is 186 Å². The summed E-state index contributed by atoms with van der Waals surface area (Å²) in [6.07, 6.45) is 0.823. The number of hydrogen-bond acceptors (Lipinski definition) is 8. The van der Waals surface area contributed by atoms with E-state index in [0.29, 0.717) is 23.5 Å². The van der Waals surface area contributed by atoms with E-state index in [1.54, 1.807) is 4.90 Å². The first kappa shape index (κ1) is 20.0. The number of carbonyl (C=O) groups is 1. The molecule has 0 saturated heterocycles. The van der Waals surface area contributed by atoms with Gasteiger partial charge < -0.3 is 13.8 Å². The van der Waals surface area contributed by atoms with Gasteiger partial charge in [0, 0.05) is 21.9 Å². The fourth-order valence-electron chi connectivity index (χ4n) is 3.49. The van der Waals surface area contributed by atoms with Crippen molar-refractivity contribution in [3.8, 4) is 23.0 Å². The van der Waals surface area contributed by atoms with E-state index in [4.69, 9.17) is 8.94 Å². The predicted octanol–water partition coefficient (Wildman–Crippen LogP) is 5.43. The molecule has 0 spiro atoms. The Morgan fingerprint density at radius 2 is 1.97 bits per heavy atom. The second kappa shape index (κ2) is 7.97. The fourth-order valence-corrected chi connectivity index (χ4v) is 4.61. The summed E-state index contributed by atoms with van der Waals surface area (Å²) in [6.45, 7) is 2.63. The third-order valence-corrected chi connectivity index (χ3v) is 6.07. The molecule has 0 radical (unpaired) electrons. The zero-order chi connectivity index (χ0) is 22.2. The van der Waals surface area contributed by atoms with Crippen LogP contribution in [0.5, 0.6) is 0 Å². The molecule has 5 rings (SSSR count). The number of hydrogen-bond donors (Lipinski definition) is 0. The normalized spacial score (nSPS) is 12.9. The maximum absolute atomic E-state index is 13.2. The van der Waals surface area contributed by atoms with Crippen LogP contribution in [-0.4, -0.2) is 27.5 Å². The molecule has 0 aliphatic carbocycles. The number of furan rings is 1. The maximum atomic E-state index is 13.2. The Morgan fingerprint density at radius 3 is 2.75 bits per heavy atom. The number of nitrogens with zero attached hydrogens (tertiary/aromatic N) is 4. The molecule has 0 bridgehead atoms. The molecular weight excluding hydrogens is 432 g/mol. The molecule has 160 valence electrons. The Bertz CT molecular complexity index is 1350. The molecule has 0 fully saturated rings. The van der Waals surface area contributed by atoms with Gasteiger partial charge in [0.1, 0.15) is 4.92 Å². The van der Waals surface area contributed by atoms with Crippen LogP contribution in [-0.2, 0) is 0 Å². The lowest BCUT2D eigenvalue weighted by Gasteiger charge is -2.22. The van der Waals surface area contributed by atoms with Crippen LogP contribution in [0.1, 0.15) is 23.7 Å². The Morgan fingerprint density at radius 1 is 1.12 bits per heavy atom. The molecule has 1 amide bonds. The molecule has 0 N–H and O–H groups in total. The van der Waals surface area contributed by atoms with Crippen LogP contribution < -0.4 is 4.90 Å². The first-order chi connectivity index (χ1) is 15.5. The molecule has 2 aromatic heterocycles. The number of amides is 1. The van der Waals surface area contributed by atoms with Gasteiger partial charge in [-0.25, -0.2) is 0 Å². The molecule has 2 aromatic carbocycles. The van der Waals surface area contributed by atoms with Gasteiger partial charge in [-0.2, -0.15) is 4.98 Å². The lowest BCUT2D eigenvalue weighted by atomic mass is 10.1. The molecule has 9 nitrogen and oxygen atoms in total. The van der Waals surface area contributed by atoms with E-state index in [9.17, 15) is 14.9 Å². The fraction of sp³-hybridized carbons (Fsp3) is 0.136. The minimum Gasteiger partial charge on any atom is -0.395 e. The third-order valence-electron chi connectivity index (χ3n) is 4.95. The van der Waals surface area contributed by atoms with E-state index in [1.807, 2.05) is 49.4 Å². The predicted molar refractivity (Wildman–Crippen MR) is 117 cm³/mol. The molecule has 1 aliphatic heterocycles. The van der Waals surface area contributed by atoms with E-state index >= 15 is 0 Å². The topological polar surface area (TPSA) is 116 Å². The highest BCUT2D eigenvalue weighted by atomic mass is 32.2. The van der Waals surface area contributed by atoms with Gasteiger partial charge in [-0.3, -0.25) is 14.9 Å². The monoisotopic (exact) mass is 448 g/mol. The van der Waals surface area contributed by atoms with E-state index in [1.165, 1.54) is 23.9 Å². The summed E-state index contributed by atoms with van der Waals surface area (Å²) < 4.78 is 10.4. The number of nitro groups is 1. The van der Waals surface area contributed by atoms with Crippen LogP contribution in [0.3, 0.4) is 0 Å². The van der Waals surface area contributed by atoms with Gasteiger partial charge in [-0.1, -0.05) is 36.0 Å². The van der Waals surface area contributed by atoms with Gasteiger partial charge in [0.25, 0.3) is 11.8 Å². The van der Waals surface area contributed by atoms with Crippen molar-refractivity contribution in [1.82, 2.24) is 10.1 Å². The average Bonchev–Trinajstić information content (AvgIpc) is 3.46. The van der Waals surface area contributed by atoms with E-state index < -0.39 is 10.8 Å². The summed E-state index contributed by atoms with van der Waals surface area (Å²) in [4.78, 5) is 31.3. The Balaban J connectivity index is 1.54. The van der Waals surface area contributed by atoms with Gasteiger partial charge in [0.2, 0.25) is 5.82 Å². The van der Waals surface area contributed by atoms with Gasteiger partial charge >= 0.3 is 5.88 Å². The second-order valence-electron chi connectivity index (χ2n) is 7.06. The smallest absolute Gasteiger partial charge is 0.395 e. The van der Waals surface area contributed by atoms with E-state index in [-0.39, 0.29) is 17.6 Å². The zero-order valence-electron chi connectivity index (χ0n) is 16.8. The summed E-state index contributed by atoms with van der Waals surface area (Å²) in [5.74, 6) is 0.0497. The molecule has 1 aliphatic rings. The molecule has 4 aromatic rings. The average molecular weight is 448 g/mol. The van der Waals surface area contributed by atoms with Gasteiger partial charge in [-0.05, 0) is 42.8 Å². The van der Waals surface area contributed by atoms with Crippen LogP contribution in [0.2, 0.25) is 0 Å². The van der Waals surface area contributed by atoms with Gasteiger partial charge in [0.05, 0.1) is 17.3 Å². The highest BCUT2D eigenvalue weighted by Crippen LogP contribution is 2.43. The quantitative estimate of drug-likeness (QED) is 0.293.